The Morgan fingerprint density at radius 2 is 2.00 bits per heavy atom. The molecular weight excluding hydrogens is 204 g/mol. The molecule has 0 radical (unpaired) electrons. The van der Waals surface area contributed by atoms with Crippen molar-refractivity contribution in [3.8, 4) is 0 Å². The highest BCUT2D eigenvalue weighted by atomic mass is 32.2. The average Bonchev–Trinajstić information content (AvgIpc) is 2.27. The summed E-state index contributed by atoms with van der Waals surface area (Å²) in [4.78, 5) is 12.9. The van der Waals surface area contributed by atoms with Crippen molar-refractivity contribution >= 4 is 17.5 Å². The van der Waals surface area contributed by atoms with Crippen LogP contribution in [0.5, 0.6) is 0 Å². The summed E-state index contributed by atoms with van der Waals surface area (Å²) in [6.45, 7) is 4.11. The van der Waals surface area contributed by atoms with E-state index in [0.717, 1.165) is 19.3 Å². The molecule has 0 N–H and O–H groups in total. The Morgan fingerprint density at radius 1 is 1.33 bits per heavy atom. The quantitative estimate of drug-likeness (QED) is 0.678. The fourth-order valence-electron chi connectivity index (χ4n) is 1.32. The Morgan fingerprint density at radius 3 is 2.60 bits per heavy atom. The predicted octanol–water partition coefficient (Wildman–Crippen LogP) is 3.93. The van der Waals surface area contributed by atoms with E-state index in [2.05, 4.69) is 6.92 Å². The molecule has 15 heavy (non-hydrogen) atoms. The van der Waals surface area contributed by atoms with Crippen molar-refractivity contribution in [2.75, 3.05) is 0 Å². The lowest BCUT2D eigenvalue weighted by Gasteiger charge is -2.09. The van der Waals surface area contributed by atoms with Gasteiger partial charge in [0.05, 0.1) is 5.25 Å². The highest BCUT2D eigenvalue weighted by Crippen LogP contribution is 2.24. The zero-order valence-electron chi connectivity index (χ0n) is 9.40. The number of rotatable bonds is 6. The molecule has 0 aromatic heterocycles. The summed E-state index contributed by atoms with van der Waals surface area (Å²) in [5.74, 6) is 0.366. The highest BCUT2D eigenvalue weighted by Gasteiger charge is 2.12. The third kappa shape index (κ3) is 4.52. The van der Waals surface area contributed by atoms with E-state index < -0.39 is 0 Å². The average molecular weight is 222 g/mol. The van der Waals surface area contributed by atoms with Crippen LogP contribution in [0.2, 0.25) is 0 Å². The van der Waals surface area contributed by atoms with Gasteiger partial charge in [-0.2, -0.15) is 0 Å². The Hall–Kier alpha value is -0.760. The van der Waals surface area contributed by atoms with Gasteiger partial charge in [0.2, 0.25) is 0 Å². The largest absolute Gasteiger partial charge is 0.298 e. The molecule has 1 aromatic carbocycles. The van der Waals surface area contributed by atoms with Crippen molar-refractivity contribution in [2.24, 2.45) is 0 Å². The van der Waals surface area contributed by atoms with Crippen LogP contribution in [-0.2, 0) is 4.79 Å². The summed E-state index contributed by atoms with van der Waals surface area (Å²) in [6.07, 6.45) is 2.82. The molecule has 82 valence electrons. The first-order valence-electron chi connectivity index (χ1n) is 5.48. The van der Waals surface area contributed by atoms with E-state index in [9.17, 15) is 4.79 Å². The molecule has 1 atom stereocenters. The predicted molar refractivity (Wildman–Crippen MR) is 66.3 cm³/mol. The van der Waals surface area contributed by atoms with Crippen molar-refractivity contribution < 1.29 is 4.79 Å². The zero-order chi connectivity index (χ0) is 11.1. The van der Waals surface area contributed by atoms with Gasteiger partial charge in [-0.3, -0.25) is 4.79 Å². The first-order valence-corrected chi connectivity index (χ1v) is 6.36. The number of benzene rings is 1. The maximum Gasteiger partial charge on any atom is 0.145 e. The number of ketones is 1. The van der Waals surface area contributed by atoms with Crippen molar-refractivity contribution in [1.29, 1.82) is 0 Å². The van der Waals surface area contributed by atoms with E-state index in [1.807, 2.05) is 37.3 Å². The number of unbranched alkanes of at least 4 members (excludes halogenated alkanes) is 1. The van der Waals surface area contributed by atoms with Gasteiger partial charge in [0.1, 0.15) is 5.78 Å². The number of Topliss-reactive ketones (excluding diaryl/α,β-unsaturated/α-hetero) is 1. The van der Waals surface area contributed by atoms with E-state index in [-0.39, 0.29) is 5.25 Å². The molecule has 2 heteroatoms. The van der Waals surface area contributed by atoms with Crippen LogP contribution in [0.15, 0.2) is 35.2 Å². The Balaban J connectivity index is 2.41. The molecule has 0 spiro atoms. The van der Waals surface area contributed by atoms with E-state index in [4.69, 9.17) is 0 Å². The van der Waals surface area contributed by atoms with E-state index in [1.165, 1.54) is 4.90 Å². The summed E-state index contributed by atoms with van der Waals surface area (Å²) in [6, 6.07) is 10.1. The normalized spacial score (nSPS) is 12.4. The molecule has 1 unspecified atom stereocenters. The highest BCUT2D eigenvalue weighted by molar-refractivity contribution is 8.00. The minimum absolute atomic E-state index is 0.0824. The summed E-state index contributed by atoms with van der Waals surface area (Å²) < 4.78 is 0. The standard InChI is InChI=1S/C13H18OS/c1-3-4-10-13(14)11(2)15-12-8-6-5-7-9-12/h5-9,11H,3-4,10H2,1-2H3. The monoisotopic (exact) mass is 222 g/mol. The molecule has 0 heterocycles. The first-order chi connectivity index (χ1) is 7.24. The van der Waals surface area contributed by atoms with Crippen LogP contribution < -0.4 is 0 Å². The molecule has 0 aliphatic heterocycles. The molecule has 0 saturated heterocycles. The van der Waals surface area contributed by atoms with Crippen molar-refractivity contribution in [3.63, 3.8) is 0 Å². The summed E-state index contributed by atoms with van der Waals surface area (Å²) in [5, 5.41) is 0.0824. The Kier molecular flexibility index (Phi) is 5.48. The molecule has 0 amide bonds. The number of carbonyl (C=O) groups excluding carboxylic acids is 1. The van der Waals surface area contributed by atoms with Crippen LogP contribution in [0.25, 0.3) is 0 Å². The van der Waals surface area contributed by atoms with Gasteiger partial charge in [0.25, 0.3) is 0 Å². The van der Waals surface area contributed by atoms with Crippen molar-refractivity contribution in [1.82, 2.24) is 0 Å². The lowest BCUT2D eigenvalue weighted by molar-refractivity contribution is -0.118. The minimum Gasteiger partial charge on any atom is -0.298 e. The number of thioether (sulfide) groups is 1. The second-order valence-corrected chi connectivity index (χ2v) is 5.06. The van der Waals surface area contributed by atoms with Crippen molar-refractivity contribution in [3.05, 3.63) is 30.3 Å². The lowest BCUT2D eigenvalue weighted by Crippen LogP contribution is -2.12. The minimum atomic E-state index is 0.0824. The molecule has 0 bridgehead atoms. The zero-order valence-corrected chi connectivity index (χ0v) is 10.2. The van der Waals surface area contributed by atoms with Gasteiger partial charge in [0, 0.05) is 11.3 Å². The summed E-state index contributed by atoms with van der Waals surface area (Å²) >= 11 is 1.65. The molecular formula is C13H18OS. The molecule has 0 aliphatic carbocycles. The van der Waals surface area contributed by atoms with Crippen LogP contribution in [0.1, 0.15) is 33.1 Å². The van der Waals surface area contributed by atoms with E-state index in [1.54, 1.807) is 11.8 Å². The van der Waals surface area contributed by atoms with Gasteiger partial charge in [-0.1, -0.05) is 31.5 Å². The van der Waals surface area contributed by atoms with Gasteiger partial charge in [-0.25, -0.2) is 0 Å². The number of carbonyl (C=O) groups is 1. The second kappa shape index (κ2) is 6.67. The third-order valence-corrected chi connectivity index (χ3v) is 3.45. The number of hydrogen-bond acceptors (Lipinski definition) is 2. The fraction of sp³-hybridized carbons (Fsp3) is 0.462. The topological polar surface area (TPSA) is 17.1 Å². The second-order valence-electron chi connectivity index (χ2n) is 3.64. The molecule has 1 nitrogen and oxygen atoms in total. The molecule has 0 saturated carbocycles. The fourth-order valence-corrected chi connectivity index (χ4v) is 2.29. The molecule has 1 aromatic rings. The van der Waals surface area contributed by atoms with Crippen molar-refractivity contribution in [2.45, 2.75) is 43.3 Å². The maximum absolute atomic E-state index is 11.7. The van der Waals surface area contributed by atoms with Crippen LogP contribution in [0, 0.1) is 0 Å². The maximum atomic E-state index is 11.7. The van der Waals surface area contributed by atoms with Gasteiger partial charge in [-0.15, -0.1) is 11.8 Å². The Bertz CT molecular complexity index is 295. The van der Waals surface area contributed by atoms with Gasteiger partial charge in [-0.05, 0) is 25.5 Å². The number of hydrogen-bond donors (Lipinski definition) is 0. The molecule has 0 aliphatic rings. The van der Waals surface area contributed by atoms with Gasteiger partial charge in [0.15, 0.2) is 0 Å². The van der Waals surface area contributed by atoms with E-state index in [0.29, 0.717) is 5.78 Å². The lowest BCUT2D eigenvalue weighted by atomic mass is 10.1. The van der Waals surface area contributed by atoms with Gasteiger partial charge >= 0.3 is 0 Å². The first kappa shape index (κ1) is 12.3. The molecule has 0 fully saturated rings. The van der Waals surface area contributed by atoms with Crippen LogP contribution in [0.4, 0.5) is 0 Å². The molecule has 1 rings (SSSR count). The SMILES string of the molecule is CCCCC(=O)C(C)Sc1ccccc1. The van der Waals surface area contributed by atoms with Crippen LogP contribution in [0.3, 0.4) is 0 Å². The van der Waals surface area contributed by atoms with Gasteiger partial charge < -0.3 is 0 Å². The third-order valence-electron chi connectivity index (χ3n) is 2.29. The summed E-state index contributed by atoms with van der Waals surface area (Å²) in [5.41, 5.74) is 0. The van der Waals surface area contributed by atoms with Crippen LogP contribution >= 0.6 is 11.8 Å². The van der Waals surface area contributed by atoms with Crippen LogP contribution in [-0.4, -0.2) is 11.0 Å². The Labute approximate surface area is 96.3 Å². The smallest absolute Gasteiger partial charge is 0.145 e. The van der Waals surface area contributed by atoms with E-state index >= 15 is 0 Å². The summed E-state index contributed by atoms with van der Waals surface area (Å²) in [7, 11) is 0.